The zero-order valence-electron chi connectivity index (χ0n) is 12.4. The Morgan fingerprint density at radius 3 is 2.57 bits per heavy atom. The number of hydrogen-bond donors (Lipinski definition) is 1. The van der Waals surface area contributed by atoms with Crippen molar-refractivity contribution in [2.24, 2.45) is 0 Å². The summed E-state index contributed by atoms with van der Waals surface area (Å²) in [7, 11) is 1.61. The van der Waals surface area contributed by atoms with Gasteiger partial charge in [-0.1, -0.05) is 23.8 Å². The lowest BCUT2D eigenvalue weighted by atomic mass is 10.2. The second-order valence-electron chi connectivity index (χ2n) is 4.79. The van der Waals surface area contributed by atoms with Crippen LogP contribution in [0.4, 0.5) is 5.69 Å². The molecule has 0 fully saturated rings. The topological polar surface area (TPSA) is 38.3 Å². The van der Waals surface area contributed by atoms with Crippen LogP contribution in [0.2, 0.25) is 0 Å². The number of anilines is 1. The molecule has 2 rings (SSSR count). The van der Waals surface area contributed by atoms with Crippen molar-refractivity contribution in [2.75, 3.05) is 12.4 Å². The second-order valence-corrected chi connectivity index (χ2v) is 6.21. The molecule has 0 heterocycles. The largest absolute Gasteiger partial charge is 0.497 e. The molecule has 0 unspecified atom stereocenters. The van der Waals surface area contributed by atoms with Crippen LogP contribution >= 0.6 is 11.8 Å². The molecule has 3 nitrogen and oxygen atoms in total. The maximum absolute atomic E-state index is 12.2. The molecule has 0 saturated carbocycles. The molecule has 2 aromatic carbocycles. The van der Waals surface area contributed by atoms with Gasteiger partial charge in [0.15, 0.2) is 0 Å². The number of rotatable bonds is 5. The molecule has 0 aliphatic heterocycles. The minimum Gasteiger partial charge on any atom is -0.497 e. The molecule has 0 bridgehead atoms. The number of hydrogen-bond acceptors (Lipinski definition) is 3. The van der Waals surface area contributed by atoms with E-state index in [0.717, 1.165) is 16.3 Å². The Hall–Kier alpha value is -1.94. The number of nitrogens with one attached hydrogen (secondary N) is 1. The molecular formula is C17H19NO2S. The van der Waals surface area contributed by atoms with E-state index in [2.05, 4.69) is 17.4 Å². The smallest absolute Gasteiger partial charge is 0.237 e. The van der Waals surface area contributed by atoms with Gasteiger partial charge >= 0.3 is 0 Å². The quantitative estimate of drug-likeness (QED) is 0.844. The monoisotopic (exact) mass is 301 g/mol. The second kappa shape index (κ2) is 7.18. The van der Waals surface area contributed by atoms with Crippen LogP contribution in [0, 0.1) is 6.92 Å². The number of benzene rings is 2. The van der Waals surface area contributed by atoms with Gasteiger partial charge in [-0.2, -0.15) is 0 Å². The van der Waals surface area contributed by atoms with Crippen molar-refractivity contribution < 1.29 is 9.53 Å². The predicted molar refractivity (Wildman–Crippen MR) is 88.1 cm³/mol. The van der Waals surface area contributed by atoms with Crippen LogP contribution in [0.1, 0.15) is 12.5 Å². The first-order chi connectivity index (χ1) is 10.1. The summed E-state index contributed by atoms with van der Waals surface area (Å²) in [5.74, 6) is 0.709. The first-order valence-electron chi connectivity index (χ1n) is 6.77. The maximum Gasteiger partial charge on any atom is 0.237 e. The van der Waals surface area contributed by atoms with Crippen LogP contribution in [0.5, 0.6) is 5.75 Å². The van der Waals surface area contributed by atoms with Crippen LogP contribution in [0.25, 0.3) is 0 Å². The third-order valence-electron chi connectivity index (χ3n) is 3.04. The third-order valence-corrected chi connectivity index (χ3v) is 4.15. The molecule has 0 radical (unpaired) electrons. The van der Waals surface area contributed by atoms with E-state index in [1.165, 1.54) is 5.56 Å². The van der Waals surface area contributed by atoms with Gasteiger partial charge in [-0.05, 0) is 38.1 Å². The summed E-state index contributed by atoms with van der Waals surface area (Å²) in [5, 5.41) is 2.74. The summed E-state index contributed by atoms with van der Waals surface area (Å²) in [4.78, 5) is 13.3. The lowest BCUT2D eigenvalue weighted by Gasteiger charge is -2.12. The molecule has 0 saturated heterocycles. The number of carbonyl (C=O) groups excluding carboxylic acids is 1. The van der Waals surface area contributed by atoms with Crippen molar-refractivity contribution in [2.45, 2.75) is 24.0 Å². The Morgan fingerprint density at radius 2 is 1.90 bits per heavy atom. The highest BCUT2D eigenvalue weighted by Gasteiger charge is 2.14. The van der Waals surface area contributed by atoms with Crippen LogP contribution in [0.3, 0.4) is 0 Å². The number of carbonyl (C=O) groups is 1. The Labute approximate surface area is 129 Å². The standard InChI is InChI=1S/C17H19NO2S/c1-12-7-9-16(10-8-12)21-13(2)17(19)18-14-5-4-6-15(11-14)20-3/h4-11,13H,1-3H3,(H,18,19)/t13-/m0/s1. The fourth-order valence-electron chi connectivity index (χ4n) is 1.82. The molecule has 1 atom stereocenters. The predicted octanol–water partition coefficient (Wildman–Crippen LogP) is 4.12. The van der Waals surface area contributed by atoms with Crippen molar-refractivity contribution >= 4 is 23.4 Å². The molecular weight excluding hydrogens is 282 g/mol. The minimum absolute atomic E-state index is 0.0196. The van der Waals surface area contributed by atoms with Gasteiger partial charge in [0, 0.05) is 16.6 Å². The van der Waals surface area contributed by atoms with Crippen molar-refractivity contribution in [3.05, 3.63) is 54.1 Å². The van der Waals surface area contributed by atoms with Crippen molar-refractivity contribution in [1.29, 1.82) is 0 Å². The van der Waals surface area contributed by atoms with Crippen LogP contribution in [0.15, 0.2) is 53.4 Å². The number of ether oxygens (including phenoxy) is 1. The minimum atomic E-state index is -0.168. The lowest BCUT2D eigenvalue weighted by molar-refractivity contribution is -0.115. The first kappa shape index (κ1) is 15.4. The van der Waals surface area contributed by atoms with E-state index in [9.17, 15) is 4.79 Å². The number of thioether (sulfide) groups is 1. The van der Waals surface area contributed by atoms with Gasteiger partial charge in [-0.3, -0.25) is 4.79 Å². The summed E-state index contributed by atoms with van der Waals surface area (Å²) < 4.78 is 5.15. The van der Waals surface area contributed by atoms with Gasteiger partial charge in [0.05, 0.1) is 12.4 Å². The summed E-state index contributed by atoms with van der Waals surface area (Å²) >= 11 is 1.55. The Bertz CT molecular complexity index is 610. The van der Waals surface area contributed by atoms with E-state index >= 15 is 0 Å². The summed E-state index contributed by atoms with van der Waals surface area (Å²) in [6.45, 7) is 3.95. The van der Waals surface area contributed by atoms with Gasteiger partial charge in [0.1, 0.15) is 5.75 Å². The van der Waals surface area contributed by atoms with E-state index < -0.39 is 0 Å². The van der Waals surface area contributed by atoms with E-state index in [4.69, 9.17) is 4.74 Å². The van der Waals surface area contributed by atoms with Crippen molar-refractivity contribution in [3.8, 4) is 5.75 Å². The fraction of sp³-hybridized carbons (Fsp3) is 0.235. The molecule has 110 valence electrons. The van der Waals surface area contributed by atoms with E-state index in [0.29, 0.717) is 0 Å². The SMILES string of the molecule is COc1cccc(NC(=O)[C@H](C)Sc2ccc(C)cc2)c1. The van der Waals surface area contributed by atoms with Gasteiger partial charge in [-0.25, -0.2) is 0 Å². The Kier molecular flexibility index (Phi) is 5.28. The van der Waals surface area contributed by atoms with Crippen LogP contribution < -0.4 is 10.1 Å². The van der Waals surface area contributed by atoms with E-state index in [1.807, 2.05) is 44.2 Å². The molecule has 21 heavy (non-hydrogen) atoms. The summed E-state index contributed by atoms with van der Waals surface area (Å²) in [5.41, 5.74) is 1.96. The Balaban J connectivity index is 1.97. The van der Waals surface area contributed by atoms with E-state index in [-0.39, 0.29) is 11.2 Å². The van der Waals surface area contributed by atoms with Crippen LogP contribution in [-0.2, 0) is 4.79 Å². The van der Waals surface area contributed by atoms with Crippen LogP contribution in [-0.4, -0.2) is 18.3 Å². The summed E-state index contributed by atoms with van der Waals surface area (Å²) in [6.07, 6.45) is 0. The maximum atomic E-state index is 12.2. The van der Waals surface area contributed by atoms with Crippen molar-refractivity contribution in [1.82, 2.24) is 0 Å². The zero-order valence-corrected chi connectivity index (χ0v) is 13.2. The zero-order chi connectivity index (χ0) is 15.2. The molecule has 2 aromatic rings. The highest BCUT2D eigenvalue weighted by atomic mass is 32.2. The average Bonchev–Trinajstić information content (AvgIpc) is 2.49. The number of methoxy groups -OCH3 is 1. The average molecular weight is 301 g/mol. The molecule has 0 spiro atoms. The molecule has 0 aromatic heterocycles. The summed E-state index contributed by atoms with van der Waals surface area (Å²) in [6, 6.07) is 15.5. The van der Waals surface area contributed by atoms with Gasteiger partial charge in [-0.15, -0.1) is 11.8 Å². The van der Waals surface area contributed by atoms with Gasteiger partial charge in [0.2, 0.25) is 5.91 Å². The van der Waals surface area contributed by atoms with Crippen molar-refractivity contribution in [3.63, 3.8) is 0 Å². The fourth-order valence-corrected chi connectivity index (χ4v) is 2.69. The van der Waals surface area contributed by atoms with Gasteiger partial charge < -0.3 is 10.1 Å². The molecule has 1 N–H and O–H groups in total. The normalized spacial score (nSPS) is 11.8. The van der Waals surface area contributed by atoms with E-state index in [1.54, 1.807) is 24.9 Å². The molecule has 1 amide bonds. The molecule has 4 heteroatoms. The molecule has 0 aliphatic rings. The highest BCUT2D eigenvalue weighted by molar-refractivity contribution is 8.00. The highest BCUT2D eigenvalue weighted by Crippen LogP contribution is 2.25. The van der Waals surface area contributed by atoms with Gasteiger partial charge in [0.25, 0.3) is 0 Å². The molecule has 0 aliphatic carbocycles. The number of aryl methyl sites for hydroxylation is 1. The lowest BCUT2D eigenvalue weighted by Crippen LogP contribution is -2.22. The Morgan fingerprint density at radius 1 is 1.19 bits per heavy atom. The third kappa shape index (κ3) is 4.53. The number of amides is 1. The first-order valence-corrected chi connectivity index (χ1v) is 7.64.